The highest BCUT2D eigenvalue weighted by molar-refractivity contribution is 7.98. The van der Waals surface area contributed by atoms with Crippen molar-refractivity contribution in [1.29, 1.82) is 0 Å². The minimum Gasteiger partial charge on any atom is -0.457 e. The first kappa shape index (κ1) is 20.4. The molecule has 0 atom stereocenters. The topological polar surface area (TPSA) is 89.6 Å². The van der Waals surface area contributed by atoms with E-state index in [9.17, 15) is 0 Å². The molecule has 8 nitrogen and oxygen atoms in total. The minimum absolute atomic E-state index is 0.467. The molecule has 34 heavy (non-hydrogen) atoms. The lowest BCUT2D eigenvalue weighted by Gasteiger charge is -2.11. The summed E-state index contributed by atoms with van der Waals surface area (Å²) < 4.78 is 7.64. The Morgan fingerprint density at radius 2 is 1.65 bits per heavy atom. The summed E-state index contributed by atoms with van der Waals surface area (Å²) in [5, 5.41) is 8.93. The van der Waals surface area contributed by atoms with Crippen LogP contribution < -0.4 is 10.1 Å². The van der Waals surface area contributed by atoms with Gasteiger partial charge in [-0.1, -0.05) is 30.3 Å². The van der Waals surface area contributed by atoms with E-state index in [4.69, 9.17) is 14.8 Å². The molecule has 0 spiro atoms. The van der Waals surface area contributed by atoms with Gasteiger partial charge in [0.05, 0.1) is 23.5 Å². The highest BCUT2D eigenvalue weighted by Gasteiger charge is 2.26. The van der Waals surface area contributed by atoms with Crippen molar-refractivity contribution < 1.29 is 4.74 Å². The number of hydrogen-bond acceptors (Lipinski definition) is 8. The van der Waals surface area contributed by atoms with Crippen molar-refractivity contribution in [2.75, 3.05) is 18.1 Å². The molecule has 9 heteroatoms. The van der Waals surface area contributed by atoms with Crippen molar-refractivity contribution in [3.8, 4) is 22.8 Å². The van der Waals surface area contributed by atoms with Gasteiger partial charge in [-0.25, -0.2) is 4.98 Å². The van der Waals surface area contributed by atoms with Gasteiger partial charge in [0.15, 0.2) is 0 Å². The fourth-order valence-corrected chi connectivity index (χ4v) is 4.27. The van der Waals surface area contributed by atoms with Crippen LogP contribution in [0.5, 0.6) is 11.5 Å². The highest BCUT2D eigenvalue weighted by Crippen LogP contribution is 2.34. The molecule has 3 aromatic heterocycles. The van der Waals surface area contributed by atoms with Crippen LogP contribution in [0.3, 0.4) is 0 Å². The van der Waals surface area contributed by atoms with Gasteiger partial charge in [0.2, 0.25) is 5.95 Å². The van der Waals surface area contributed by atoms with Crippen molar-refractivity contribution in [2.45, 2.75) is 5.03 Å². The van der Waals surface area contributed by atoms with E-state index in [0.29, 0.717) is 11.7 Å². The number of anilines is 2. The van der Waals surface area contributed by atoms with Gasteiger partial charge in [-0.3, -0.25) is 9.98 Å². The van der Waals surface area contributed by atoms with E-state index in [1.54, 1.807) is 28.7 Å². The van der Waals surface area contributed by atoms with E-state index in [2.05, 4.69) is 32.4 Å². The second-order valence-electron chi connectivity index (χ2n) is 7.56. The predicted octanol–water partition coefficient (Wildman–Crippen LogP) is 5.25. The number of nitrogens with zero attached hydrogens (tertiary/aromatic N) is 6. The van der Waals surface area contributed by atoms with Crippen LogP contribution >= 0.6 is 11.8 Å². The molecular formula is C25H19N7OS. The second kappa shape index (κ2) is 8.60. The van der Waals surface area contributed by atoms with Crippen LogP contribution in [-0.2, 0) is 0 Å². The van der Waals surface area contributed by atoms with E-state index in [1.807, 2.05) is 60.9 Å². The van der Waals surface area contributed by atoms with Gasteiger partial charge in [-0.2, -0.15) is 9.50 Å². The number of aromatic nitrogens is 5. The van der Waals surface area contributed by atoms with Gasteiger partial charge in [0, 0.05) is 23.6 Å². The van der Waals surface area contributed by atoms with Gasteiger partial charge in [-0.05, 0) is 42.7 Å². The summed E-state index contributed by atoms with van der Waals surface area (Å²) >= 11 is 1.59. The van der Waals surface area contributed by atoms with E-state index < -0.39 is 0 Å². The predicted molar refractivity (Wildman–Crippen MR) is 133 cm³/mol. The van der Waals surface area contributed by atoms with Crippen LogP contribution in [0.2, 0.25) is 0 Å². The molecule has 5 aromatic rings. The maximum Gasteiger partial charge on any atom is 0.255 e. The molecule has 0 saturated heterocycles. The van der Waals surface area contributed by atoms with Crippen LogP contribution in [0.4, 0.5) is 11.6 Å². The van der Waals surface area contributed by atoms with E-state index in [0.717, 1.165) is 51.3 Å². The largest absolute Gasteiger partial charge is 0.457 e. The van der Waals surface area contributed by atoms with Crippen LogP contribution in [0, 0.1) is 0 Å². The number of nitrogens with one attached hydrogen (secondary N) is 1. The smallest absolute Gasteiger partial charge is 0.255 e. The number of ether oxygens (including phenoxy) is 1. The molecule has 0 saturated carbocycles. The lowest BCUT2D eigenvalue weighted by atomic mass is 10.1. The molecule has 0 fully saturated rings. The molecule has 0 amide bonds. The number of thioether (sulfide) groups is 1. The molecule has 2 aromatic carbocycles. The van der Waals surface area contributed by atoms with Crippen molar-refractivity contribution in [1.82, 2.24) is 24.6 Å². The zero-order valence-corrected chi connectivity index (χ0v) is 19.0. The quantitative estimate of drug-likeness (QED) is 0.259. The first-order valence-corrected chi connectivity index (χ1v) is 11.9. The number of hydrogen-bond donors (Lipinski definition) is 1. The third kappa shape index (κ3) is 3.97. The highest BCUT2D eigenvalue weighted by atomic mass is 32.2. The Balaban J connectivity index is 1.35. The maximum atomic E-state index is 5.84. The average Bonchev–Trinajstić information content (AvgIpc) is 3.64. The summed E-state index contributed by atoms with van der Waals surface area (Å²) in [6, 6.07) is 21.4. The van der Waals surface area contributed by atoms with Gasteiger partial charge >= 0.3 is 0 Å². The number of benzene rings is 2. The third-order valence-corrected chi connectivity index (χ3v) is 5.98. The standard InChI is InChI=1S/C25H19N7OS/c1-34-23-21(20-15-27-20)22(16-5-3-2-4-6-16)32-25(29-23)30-24(31-32)28-17-7-9-18(10-8-17)33-19-11-13-26-14-12-19/h2-14H,15H2,1H3,(H,28,31). The Morgan fingerprint density at radius 1 is 0.912 bits per heavy atom. The van der Waals surface area contributed by atoms with Gasteiger partial charge < -0.3 is 10.1 Å². The molecule has 166 valence electrons. The molecule has 4 heterocycles. The molecule has 6 rings (SSSR count). The summed E-state index contributed by atoms with van der Waals surface area (Å²) in [5.74, 6) is 2.47. The first-order valence-electron chi connectivity index (χ1n) is 10.7. The lowest BCUT2D eigenvalue weighted by molar-refractivity contribution is 0.482. The van der Waals surface area contributed by atoms with E-state index in [-0.39, 0.29) is 0 Å². The Kier molecular flexibility index (Phi) is 5.15. The lowest BCUT2D eigenvalue weighted by Crippen LogP contribution is -2.07. The Morgan fingerprint density at radius 3 is 2.35 bits per heavy atom. The SMILES string of the molecule is CSc1nc2nc(Nc3ccc(Oc4ccncc4)cc3)nn2c(-c2ccccc2)c1C1=NC1. The molecule has 1 N–H and O–H groups in total. The number of pyridine rings is 1. The third-order valence-electron chi connectivity index (χ3n) is 5.30. The summed E-state index contributed by atoms with van der Waals surface area (Å²) in [6.07, 6.45) is 5.41. The zero-order chi connectivity index (χ0) is 22.9. The van der Waals surface area contributed by atoms with Crippen molar-refractivity contribution in [3.05, 3.63) is 84.7 Å². The number of rotatable bonds is 7. The number of fused-ring (bicyclic) bond motifs is 1. The Labute approximate surface area is 199 Å². The molecule has 0 unspecified atom stereocenters. The van der Waals surface area contributed by atoms with E-state index >= 15 is 0 Å². The summed E-state index contributed by atoms with van der Waals surface area (Å²) in [4.78, 5) is 17.9. The van der Waals surface area contributed by atoms with Gasteiger partial charge in [0.1, 0.15) is 16.5 Å². The number of aliphatic imine (C=N–C) groups is 1. The molecular weight excluding hydrogens is 446 g/mol. The van der Waals surface area contributed by atoms with Crippen LogP contribution in [0.15, 0.2) is 89.1 Å². The second-order valence-corrected chi connectivity index (χ2v) is 8.35. The summed E-state index contributed by atoms with van der Waals surface area (Å²) in [7, 11) is 0. The fourth-order valence-electron chi connectivity index (χ4n) is 3.68. The van der Waals surface area contributed by atoms with Crippen molar-refractivity contribution >= 4 is 34.9 Å². The maximum absolute atomic E-state index is 5.84. The summed E-state index contributed by atoms with van der Waals surface area (Å²) in [6.45, 7) is 0.730. The van der Waals surface area contributed by atoms with Crippen LogP contribution in [0.25, 0.3) is 17.0 Å². The van der Waals surface area contributed by atoms with Crippen molar-refractivity contribution in [3.63, 3.8) is 0 Å². The van der Waals surface area contributed by atoms with Crippen molar-refractivity contribution in [2.24, 2.45) is 4.99 Å². The fraction of sp³-hybridized carbons (Fsp3) is 0.0800. The Bertz CT molecular complexity index is 1500. The monoisotopic (exact) mass is 465 g/mol. The van der Waals surface area contributed by atoms with Crippen LogP contribution in [-0.4, -0.2) is 43.1 Å². The molecule has 0 aliphatic carbocycles. The minimum atomic E-state index is 0.467. The average molecular weight is 466 g/mol. The van der Waals surface area contributed by atoms with E-state index in [1.165, 1.54) is 0 Å². The molecule has 0 bridgehead atoms. The molecule has 0 radical (unpaired) electrons. The molecule has 1 aliphatic rings. The molecule has 1 aliphatic heterocycles. The van der Waals surface area contributed by atoms with Gasteiger partial charge in [0.25, 0.3) is 5.78 Å². The zero-order valence-electron chi connectivity index (χ0n) is 18.2. The Hall–Kier alpha value is -4.24. The normalized spacial score (nSPS) is 12.4. The first-order chi connectivity index (χ1) is 16.8. The van der Waals surface area contributed by atoms with Gasteiger partial charge in [-0.15, -0.1) is 16.9 Å². The summed E-state index contributed by atoms with van der Waals surface area (Å²) in [5.41, 5.74) is 4.92. The van der Waals surface area contributed by atoms with Crippen LogP contribution in [0.1, 0.15) is 5.56 Å².